The van der Waals surface area contributed by atoms with Crippen LogP contribution in [0.4, 0.5) is 0 Å². The third-order valence-electron chi connectivity index (χ3n) is 7.42. The first-order valence-corrected chi connectivity index (χ1v) is 11.6. The summed E-state index contributed by atoms with van der Waals surface area (Å²) >= 11 is 0. The number of aliphatic hydroxyl groups is 1. The molecule has 0 heterocycles. The van der Waals surface area contributed by atoms with Crippen molar-refractivity contribution in [2.24, 2.45) is 5.92 Å². The smallest absolute Gasteiger partial charge is 0.222 e. The summed E-state index contributed by atoms with van der Waals surface area (Å²) in [7, 11) is 1.86. The lowest BCUT2D eigenvalue weighted by Gasteiger charge is -2.34. The number of rotatable bonds is 6. The van der Waals surface area contributed by atoms with Crippen molar-refractivity contribution in [1.29, 1.82) is 0 Å². The number of benzene rings is 1. The van der Waals surface area contributed by atoms with Crippen LogP contribution in [-0.2, 0) is 15.0 Å². The highest BCUT2D eigenvalue weighted by Crippen LogP contribution is 2.39. The quantitative estimate of drug-likeness (QED) is 0.696. The van der Waals surface area contributed by atoms with Crippen molar-refractivity contribution in [3.63, 3.8) is 0 Å². The molecule has 5 nitrogen and oxygen atoms in total. The lowest BCUT2D eigenvalue weighted by molar-refractivity contribution is -0.135. The van der Waals surface area contributed by atoms with Crippen LogP contribution in [0, 0.1) is 5.92 Å². The van der Waals surface area contributed by atoms with Crippen molar-refractivity contribution in [2.45, 2.75) is 88.7 Å². The first-order valence-electron chi connectivity index (χ1n) is 11.6. The molecule has 166 valence electrons. The van der Waals surface area contributed by atoms with Gasteiger partial charge >= 0.3 is 0 Å². The van der Waals surface area contributed by atoms with Gasteiger partial charge in [0.25, 0.3) is 0 Å². The van der Waals surface area contributed by atoms with E-state index in [0.29, 0.717) is 25.3 Å². The molecule has 0 aliphatic heterocycles. The van der Waals surface area contributed by atoms with E-state index in [2.05, 4.69) is 17.4 Å². The van der Waals surface area contributed by atoms with Gasteiger partial charge in [0, 0.05) is 32.4 Å². The SMILES string of the molecule is CC(=O)NC[C@]1(c2ccccc2)CC[C@H](O)[C@@H](N(C)C(=O)CC2CCCCC2)CC1. The van der Waals surface area contributed by atoms with Gasteiger partial charge in [0.05, 0.1) is 12.1 Å². The second-order valence-electron chi connectivity index (χ2n) is 9.48. The Hall–Kier alpha value is -1.88. The van der Waals surface area contributed by atoms with Crippen LogP contribution in [0.2, 0.25) is 0 Å². The molecule has 2 aliphatic rings. The van der Waals surface area contributed by atoms with Crippen LogP contribution in [0.25, 0.3) is 0 Å². The Labute approximate surface area is 181 Å². The zero-order chi connectivity index (χ0) is 21.6. The molecule has 2 fully saturated rings. The molecule has 1 aromatic rings. The predicted octanol–water partition coefficient (Wildman–Crippen LogP) is 3.79. The summed E-state index contributed by atoms with van der Waals surface area (Å²) in [4.78, 5) is 26.4. The van der Waals surface area contributed by atoms with Gasteiger partial charge in [0.2, 0.25) is 11.8 Å². The Balaban J connectivity index is 1.71. The molecule has 5 heteroatoms. The van der Waals surface area contributed by atoms with Gasteiger partial charge in [-0.25, -0.2) is 0 Å². The first kappa shape index (κ1) is 22.8. The van der Waals surface area contributed by atoms with Crippen LogP contribution in [-0.4, -0.2) is 47.6 Å². The van der Waals surface area contributed by atoms with Crippen molar-refractivity contribution in [3.05, 3.63) is 35.9 Å². The number of amides is 2. The molecule has 1 aromatic carbocycles. The highest BCUT2D eigenvalue weighted by molar-refractivity contribution is 5.76. The highest BCUT2D eigenvalue weighted by atomic mass is 16.3. The molecule has 0 aromatic heterocycles. The summed E-state index contributed by atoms with van der Waals surface area (Å²) in [6.07, 6.45) is 9.12. The fourth-order valence-corrected chi connectivity index (χ4v) is 5.43. The van der Waals surface area contributed by atoms with Crippen LogP contribution >= 0.6 is 0 Å². The standard InChI is InChI=1S/C25H38N2O3/c1-19(28)26-18-25(21-11-7-4-8-12-21)15-13-22(23(29)14-16-25)27(2)24(30)17-20-9-5-3-6-10-20/h4,7-8,11-12,20,22-23,29H,3,5-6,9-10,13-18H2,1-2H3,(H,26,28)/t22-,23-,25+/m0/s1. The Morgan fingerprint density at radius 2 is 1.73 bits per heavy atom. The van der Waals surface area contributed by atoms with Gasteiger partial charge in [-0.3, -0.25) is 9.59 Å². The third kappa shape index (κ3) is 5.63. The minimum atomic E-state index is -0.534. The van der Waals surface area contributed by atoms with E-state index in [0.717, 1.165) is 32.1 Å². The van der Waals surface area contributed by atoms with E-state index in [9.17, 15) is 14.7 Å². The molecule has 3 atom stereocenters. The monoisotopic (exact) mass is 414 g/mol. The van der Waals surface area contributed by atoms with E-state index < -0.39 is 6.10 Å². The van der Waals surface area contributed by atoms with Crippen molar-refractivity contribution in [3.8, 4) is 0 Å². The largest absolute Gasteiger partial charge is 0.391 e. The third-order valence-corrected chi connectivity index (χ3v) is 7.42. The second kappa shape index (κ2) is 10.4. The lowest BCUT2D eigenvalue weighted by Crippen LogP contribution is -2.44. The molecule has 30 heavy (non-hydrogen) atoms. The van der Waals surface area contributed by atoms with Crippen molar-refractivity contribution >= 4 is 11.8 Å². The highest BCUT2D eigenvalue weighted by Gasteiger charge is 2.40. The van der Waals surface area contributed by atoms with Gasteiger partial charge in [-0.2, -0.15) is 0 Å². The minimum Gasteiger partial charge on any atom is -0.391 e. The molecule has 2 amide bonds. The Bertz CT molecular complexity index is 702. The Morgan fingerprint density at radius 1 is 1.07 bits per heavy atom. The Morgan fingerprint density at radius 3 is 2.40 bits per heavy atom. The van der Waals surface area contributed by atoms with E-state index in [1.807, 2.05) is 30.1 Å². The average molecular weight is 415 g/mol. The van der Waals surface area contributed by atoms with Crippen molar-refractivity contribution in [1.82, 2.24) is 10.2 Å². The summed E-state index contributed by atoms with van der Waals surface area (Å²) in [6, 6.07) is 10.1. The zero-order valence-corrected chi connectivity index (χ0v) is 18.6. The number of likely N-dealkylation sites (N-methyl/N-ethyl adjacent to an activating group) is 1. The molecule has 0 saturated heterocycles. The summed E-state index contributed by atoms with van der Waals surface area (Å²) < 4.78 is 0. The molecule has 2 N–H and O–H groups in total. The maximum Gasteiger partial charge on any atom is 0.222 e. The maximum absolute atomic E-state index is 13.0. The number of nitrogens with one attached hydrogen (secondary N) is 1. The van der Waals surface area contributed by atoms with Gasteiger partial charge < -0.3 is 15.3 Å². The number of hydrogen-bond acceptors (Lipinski definition) is 3. The average Bonchev–Trinajstić information content (AvgIpc) is 2.93. The van der Waals surface area contributed by atoms with E-state index in [1.54, 1.807) is 6.92 Å². The van der Waals surface area contributed by atoms with E-state index in [4.69, 9.17) is 0 Å². The van der Waals surface area contributed by atoms with Crippen molar-refractivity contribution < 1.29 is 14.7 Å². The number of aliphatic hydroxyl groups excluding tert-OH is 1. The molecule has 0 unspecified atom stereocenters. The summed E-state index contributed by atoms with van der Waals surface area (Å²) in [5.74, 6) is 0.631. The van der Waals surface area contributed by atoms with Crippen LogP contribution < -0.4 is 5.32 Å². The van der Waals surface area contributed by atoms with Crippen LogP contribution in [0.15, 0.2) is 30.3 Å². The summed E-state index contributed by atoms with van der Waals surface area (Å²) in [5, 5.41) is 14.0. The number of carbonyl (C=O) groups excluding carboxylic acids is 2. The maximum atomic E-state index is 13.0. The molecule has 2 aliphatic carbocycles. The Kier molecular flexibility index (Phi) is 7.93. The van der Waals surface area contributed by atoms with E-state index in [-0.39, 0.29) is 23.3 Å². The van der Waals surface area contributed by atoms with Crippen molar-refractivity contribution in [2.75, 3.05) is 13.6 Å². The van der Waals surface area contributed by atoms with E-state index in [1.165, 1.54) is 24.8 Å². The molecule has 0 radical (unpaired) electrons. The lowest BCUT2D eigenvalue weighted by atomic mass is 9.74. The van der Waals surface area contributed by atoms with Crippen LogP contribution in [0.1, 0.15) is 76.7 Å². The second-order valence-corrected chi connectivity index (χ2v) is 9.48. The summed E-state index contributed by atoms with van der Waals surface area (Å²) in [5.41, 5.74) is 0.985. The fourth-order valence-electron chi connectivity index (χ4n) is 5.43. The molecule has 0 bridgehead atoms. The topological polar surface area (TPSA) is 69.6 Å². The molecule has 2 saturated carbocycles. The van der Waals surface area contributed by atoms with Gasteiger partial charge in [0.1, 0.15) is 0 Å². The van der Waals surface area contributed by atoms with Crippen LogP contribution in [0.3, 0.4) is 0 Å². The zero-order valence-electron chi connectivity index (χ0n) is 18.6. The van der Waals surface area contributed by atoms with Crippen LogP contribution in [0.5, 0.6) is 0 Å². The normalized spacial score (nSPS) is 27.8. The van der Waals surface area contributed by atoms with Gasteiger partial charge in [-0.05, 0) is 50.0 Å². The molecule has 0 spiro atoms. The van der Waals surface area contributed by atoms with Gasteiger partial charge in [-0.15, -0.1) is 0 Å². The summed E-state index contributed by atoms with van der Waals surface area (Å²) in [6.45, 7) is 2.11. The fraction of sp³-hybridized carbons (Fsp3) is 0.680. The molecular formula is C25H38N2O3. The molecular weight excluding hydrogens is 376 g/mol. The van der Waals surface area contributed by atoms with Gasteiger partial charge in [0.15, 0.2) is 0 Å². The van der Waals surface area contributed by atoms with Gasteiger partial charge in [-0.1, -0.05) is 49.6 Å². The number of hydrogen-bond donors (Lipinski definition) is 2. The minimum absolute atomic E-state index is 0.0357. The number of nitrogens with zero attached hydrogens (tertiary/aromatic N) is 1. The first-order chi connectivity index (χ1) is 14.4. The number of carbonyl (C=O) groups is 2. The predicted molar refractivity (Wildman–Crippen MR) is 119 cm³/mol. The molecule has 3 rings (SSSR count). The van der Waals surface area contributed by atoms with E-state index >= 15 is 0 Å².